The van der Waals surface area contributed by atoms with Crippen molar-refractivity contribution in [2.24, 2.45) is 17.8 Å². The Balaban J connectivity index is 2.38. The highest BCUT2D eigenvalue weighted by molar-refractivity contribution is 4.77. The lowest BCUT2D eigenvalue weighted by molar-refractivity contribution is 0.200. The first-order valence-corrected chi connectivity index (χ1v) is 3.85. The summed E-state index contributed by atoms with van der Waals surface area (Å²) in [6.45, 7) is 4.90. The Morgan fingerprint density at radius 2 is 2.00 bits per heavy atom. The van der Waals surface area contributed by atoms with E-state index in [2.05, 4.69) is 13.8 Å². The van der Waals surface area contributed by atoms with Gasteiger partial charge < -0.3 is 5.11 Å². The fraction of sp³-hybridized carbons (Fsp3) is 1.00. The Morgan fingerprint density at radius 3 is 2.22 bits per heavy atom. The molecule has 0 spiro atoms. The standard InChI is InChI=1S/C8H16O/c1-6-3-7(2)8(4-6)5-9/h6-9H,3-5H2,1-2H3/t6-,7+,8?/m1/s1. The molecule has 1 heteroatoms. The normalized spacial score (nSPS) is 43.7. The maximum Gasteiger partial charge on any atom is 0.0461 e. The van der Waals surface area contributed by atoms with Gasteiger partial charge in [0.1, 0.15) is 0 Å². The first-order chi connectivity index (χ1) is 4.24. The number of rotatable bonds is 1. The van der Waals surface area contributed by atoms with Crippen LogP contribution in [0, 0.1) is 17.8 Å². The Bertz CT molecular complexity index is 90.6. The highest BCUT2D eigenvalue weighted by atomic mass is 16.3. The van der Waals surface area contributed by atoms with Gasteiger partial charge in [0.05, 0.1) is 0 Å². The van der Waals surface area contributed by atoms with Crippen LogP contribution in [-0.4, -0.2) is 11.7 Å². The van der Waals surface area contributed by atoms with Crippen molar-refractivity contribution >= 4 is 0 Å². The highest BCUT2D eigenvalue weighted by Gasteiger charge is 2.27. The Hall–Kier alpha value is -0.0400. The maximum absolute atomic E-state index is 8.85. The molecule has 0 aromatic carbocycles. The van der Waals surface area contributed by atoms with Gasteiger partial charge in [-0.25, -0.2) is 0 Å². The molecule has 0 bridgehead atoms. The second kappa shape index (κ2) is 2.70. The van der Waals surface area contributed by atoms with Crippen molar-refractivity contribution in [2.45, 2.75) is 26.7 Å². The average Bonchev–Trinajstić information content (AvgIpc) is 2.10. The van der Waals surface area contributed by atoms with Gasteiger partial charge in [0.25, 0.3) is 0 Å². The van der Waals surface area contributed by atoms with Gasteiger partial charge in [-0.15, -0.1) is 0 Å². The number of hydrogen-bond acceptors (Lipinski definition) is 1. The minimum absolute atomic E-state index is 0.394. The van der Waals surface area contributed by atoms with E-state index in [1.54, 1.807) is 0 Å². The van der Waals surface area contributed by atoms with E-state index in [0.717, 1.165) is 11.8 Å². The third-order valence-electron chi connectivity index (χ3n) is 2.52. The van der Waals surface area contributed by atoms with E-state index in [4.69, 9.17) is 5.11 Å². The van der Waals surface area contributed by atoms with Crippen molar-refractivity contribution in [3.05, 3.63) is 0 Å². The molecule has 0 aromatic rings. The lowest BCUT2D eigenvalue weighted by Gasteiger charge is -2.09. The first kappa shape index (κ1) is 7.07. The molecule has 1 aliphatic carbocycles. The van der Waals surface area contributed by atoms with Crippen LogP contribution in [0.25, 0.3) is 0 Å². The molecule has 1 saturated carbocycles. The third kappa shape index (κ3) is 1.45. The van der Waals surface area contributed by atoms with Crippen molar-refractivity contribution < 1.29 is 5.11 Å². The van der Waals surface area contributed by atoms with Gasteiger partial charge in [0.2, 0.25) is 0 Å². The average molecular weight is 128 g/mol. The van der Waals surface area contributed by atoms with Crippen LogP contribution in [-0.2, 0) is 0 Å². The molecule has 54 valence electrons. The zero-order valence-electron chi connectivity index (χ0n) is 6.30. The summed E-state index contributed by atoms with van der Waals surface area (Å²) in [5, 5.41) is 8.85. The Morgan fingerprint density at radius 1 is 1.33 bits per heavy atom. The fourth-order valence-corrected chi connectivity index (χ4v) is 1.93. The number of hydrogen-bond donors (Lipinski definition) is 1. The van der Waals surface area contributed by atoms with Crippen molar-refractivity contribution in [1.29, 1.82) is 0 Å². The molecule has 0 saturated heterocycles. The molecule has 3 atom stereocenters. The lowest BCUT2D eigenvalue weighted by atomic mass is 10.00. The van der Waals surface area contributed by atoms with Gasteiger partial charge in [-0.1, -0.05) is 13.8 Å². The molecule has 1 nitrogen and oxygen atoms in total. The molecule has 9 heavy (non-hydrogen) atoms. The predicted octanol–water partition coefficient (Wildman–Crippen LogP) is 1.66. The molecule has 1 rings (SSSR count). The summed E-state index contributed by atoms with van der Waals surface area (Å²) in [4.78, 5) is 0. The third-order valence-corrected chi connectivity index (χ3v) is 2.52. The second-order valence-corrected chi connectivity index (χ2v) is 3.50. The lowest BCUT2D eigenvalue weighted by Crippen LogP contribution is -2.07. The van der Waals surface area contributed by atoms with E-state index in [-0.39, 0.29) is 0 Å². The monoisotopic (exact) mass is 128 g/mol. The minimum Gasteiger partial charge on any atom is -0.396 e. The summed E-state index contributed by atoms with van der Waals surface area (Å²) in [5.41, 5.74) is 0. The van der Waals surface area contributed by atoms with E-state index in [9.17, 15) is 0 Å². The van der Waals surface area contributed by atoms with Crippen molar-refractivity contribution in [1.82, 2.24) is 0 Å². The van der Waals surface area contributed by atoms with Crippen molar-refractivity contribution in [3.63, 3.8) is 0 Å². The summed E-state index contributed by atoms with van der Waals surface area (Å²) in [7, 11) is 0. The molecule has 0 amide bonds. The smallest absolute Gasteiger partial charge is 0.0461 e. The van der Waals surface area contributed by atoms with Crippen LogP contribution in [0.2, 0.25) is 0 Å². The molecule has 0 radical (unpaired) electrons. The van der Waals surface area contributed by atoms with Gasteiger partial charge in [0.15, 0.2) is 0 Å². The molecule has 1 N–H and O–H groups in total. The highest BCUT2D eigenvalue weighted by Crippen LogP contribution is 2.34. The Kier molecular flexibility index (Phi) is 2.12. The van der Waals surface area contributed by atoms with Crippen molar-refractivity contribution in [3.8, 4) is 0 Å². The van der Waals surface area contributed by atoms with Crippen LogP contribution in [0.1, 0.15) is 26.7 Å². The largest absolute Gasteiger partial charge is 0.396 e. The summed E-state index contributed by atoms with van der Waals surface area (Å²) >= 11 is 0. The molecule has 0 heterocycles. The van der Waals surface area contributed by atoms with E-state index < -0.39 is 0 Å². The zero-order chi connectivity index (χ0) is 6.85. The zero-order valence-corrected chi connectivity index (χ0v) is 6.30. The van der Waals surface area contributed by atoms with Crippen LogP contribution in [0.3, 0.4) is 0 Å². The first-order valence-electron chi connectivity index (χ1n) is 3.85. The summed E-state index contributed by atoms with van der Waals surface area (Å²) < 4.78 is 0. The molecule has 0 aromatic heterocycles. The SMILES string of the molecule is C[C@H]1CC(CO)[C@@H](C)C1. The van der Waals surface area contributed by atoms with E-state index in [1.807, 2.05) is 0 Å². The quantitative estimate of drug-likeness (QED) is 0.569. The fourth-order valence-electron chi connectivity index (χ4n) is 1.93. The summed E-state index contributed by atoms with van der Waals surface area (Å²) in [6.07, 6.45) is 2.54. The molecule has 1 aliphatic rings. The minimum atomic E-state index is 0.394. The van der Waals surface area contributed by atoms with E-state index in [0.29, 0.717) is 12.5 Å². The number of aliphatic hydroxyl groups is 1. The van der Waals surface area contributed by atoms with Crippen LogP contribution in [0.4, 0.5) is 0 Å². The molecular weight excluding hydrogens is 112 g/mol. The van der Waals surface area contributed by atoms with Gasteiger partial charge >= 0.3 is 0 Å². The van der Waals surface area contributed by atoms with Crippen LogP contribution in [0.15, 0.2) is 0 Å². The van der Waals surface area contributed by atoms with Gasteiger partial charge in [-0.05, 0) is 30.6 Å². The van der Waals surface area contributed by atoms with Gasteiger partial charge in [-0.3, -0.25) is 0 Å². The molecule has 1 unspecified atom stereocenters. The van der Waals surface area contributed by atoms with E-state index >= 15 is 0 Å². The molecular formula is C8H16O. The van der Waals surface area contributed by atoms with Gasteiger partial charge in [0, 0.05) is 6.61 Å². The second-order valence-electron chi connectivity index (χ2n) is 3.50. The maximum atomic E-state index is 8.85. The van der Waals surface area contributed by atoms with E-state index in [1.165, 1.54) is 12.8 Å². The van der Waals surface area contributed by atoms with Crippen LogP contribution in [0.5, 0.6) is 0 Å². The van der Waals surface area contributed by atoms with Gasteiger partial charge in [-0.2, -0.15) is 0 Å². The topological polar surface area (TPSA) is 20.2 Å². The summed E-state index contributed by atoms with van der Waals surface area (Å²) in [5.74, 6) is 2.20. The summed E-state index contributed by atoms with van der Waals surface area (Å²) in [6, 6.07) is 0. The molecule has 1 fully saturated rings. The predicted molar refractivity (Wildman–Crippen MR) is 38.1 cm³/mol. The molecule has 0 aliphatic heterocycles. The van der Waals surface area contributed by atoms with Crippen molar-refractivity contribution in [2.75, 3.05) is 6.61 Å². The Labute approximate surface area is 57.1 Å². The van der Waals surface area contributed by atoms with Crippen LogP contribution >= 0.6 is 0 Å². The number of aliphatic hydroxyl groups excluding tert-OH is 1. The van der Waals surface area contributed by atoms with Crippen LogP contribution < -0.4 is 0 Å².